The Bertz CT molecular complexity index is 879. The summed E-state index contributed by atoms with van der Waals surface area (Å²) in [7, 11) is 1.52. The molecule has 2 aromatic carbocycles. The van der Waals surface area contributed by atoms with Gasteiger partial charge in [0, 0.05) is 35.7 Å². The summed E-state index contributed by atoms with van der Waals surface area (Å²) in [5.41, 5.74) is 7.00. The topological polar surface area (TPSA) is 74.4 Å². The van der Waals surface area contributed by atoms with E-state index in [-0.39, 0.29) is 41.5 Å². The van der Waals surface area contributed by atoms with Crippen LogP contribution in [0.4, 0.5) is 8.78 Å². The lowest BCUT2D eigenvalue weighted by atomic mass is 9.84. The first-order valence-electron chi connectivity index (χ1n) is 9.20. The molecule has 1 amide bonds. The number of fused-ring (bicyclic) bond motifs is 1. The summed E-state index contributed by atoms with van der Waals surface area (Å²) in [5.74, 6) is -0.632. The molecule has 28 heavy (non-hydrogen) atoms. The molecule has 2 aliphatic heterocycles. The monoisotopic (exact) mass is 388 g/mol. The number of hydrogen-bond donors (Lipinski definition) is 4. The fourth-order valence-electron chi connectivity index (χ4n) is 4.02. The predicted octanol–water partition coefficient (Wildman–Crippen LogP) is 1.86. The van der Waals surface area contributed by atoms with Crippen LogP contribution in [0.15, 0.2) is 42.5 Å². The van der Waals surface area contributed by atoms with Crippen molar-refractivity contribution in [1.29, 1.82) is 0 Å². The minimum absolute atomic E-state index is 0.0214. The Morgan fingerprint density at radius 1 is 1.18 bits per heavy atom. The molecule has 2 heterocycles. The lowest BCUT2D eigenvalue weighted by molar-refractivity contribution is 0.0913. The number of piperidine rings is 1. The largest absolute Gasteiger partial charge is 0.496 e. The van der Waals surface area contributed by atoms with Gasteiger partial charge in [0.15, 0.2) is 0 Å². The highest BCUT2D eigenvalue weighted by Crippen LogP contribution is 2.36. The van der Waals surface area contributed by atoms with Crippen LogP contribution >= 0.6 is 0 Å². The first-order chi connectivity index (χ1) is 13.6. The molecule has 0 radical (unpaired) electrons. The first kappa shape index (κ1) is 18.8. The third kappa shape index (κ3) is 3.58. The van der Waals surface area contributed by atoms with Crippen LogP contribution in [0.25, 0.3) is 0 Å². The van der Waals surface area contributed by atoms with E-state index < -0.39 is 5.82 Å². The fourth-order valence-corrected chi connectivity index (χ4v) is 4.02. The molecule has 4 rings (SSSR count). The Kier molecular flexibility index (Phi) is 5.25. The van der Waals surface area contributed by atoms with Crippen molar-refractivity contribution in [1.82, 2.24) is 21.5 Å². The zero-order chi connectivity index (χ0) is 19.7. The maximum Gasteiger partial charge on any atom is 0.252 e. The van der Waals surface area contributed by atoms with Crippen LogP contribution in [0.2, 0.25) is 0 Å². The Hall–Kier alpha value is -2.55. The molecule has 0 spiro atoms. The smallest absolute Gasteiger partial charge is 0.252 e. The summed E-state index contributed by atoms with van der Waals surface area (Å²) in [4.78, 5) is 12.5. The summed E-state index contributed by atoms with van der Waals surface area (Å²) in [5, 5.41) is 6.26. The zero-order valence-electron chi connectivity index (χ0n) is 15.3. The van der Waals surface area contributed by atoms with Crippen molar-refractivity contribution < 1.29 is 18.3 Å². The predicted molar refractivity (Wildman–Crippen MR) is 99.5 cm³/mol. The molecule has 2 aliphatic rings. The highest BCUT2D eigenvalue weighted by molar-refractivity contribution is 5.94. The summed E-state index contributed by atoms with van der Waals surface area (Å²) in [6.07, 6.45) is 0.235. The summed E-state index contributed by atoms with van der Waals surface area (Å²) < 4.78 is 33.2. The Labute approximate surface area is 161 Å². The van der Waals surface area contributed by atoms with Gasteiger partial charge in [-0.25, -0.2) is 14.2 Å². The number of rotatable bonds is 4. The molecule has 4 unspecified atom stereocenters. The fraction of sp³-hybridized carbons (Fsp3) is 0.350. The van der Waals surface area contributed by atoms with Gasteiger partial charge in [-0.3, -0.25) is 10.2 Å². The van der Waals surface area contributed by atoms with Gasteiger partial charge in [-0.05, 0) is 36.8 Å². The van der Waals surface area contributed by atoms with Crippen LogP contribution in [0, 0.1) is 17.6 Å². The van der Waals surface area contributed by atoms with E-state index in [1.807, 2.05) is 0 Å². The lowest BCUT2D eigenvalue weighted by Crippen LogP contribution is -2.49. The number of hydrazine groups is 1. The summed E-state index contributed by atoms with van der Waals surface area (Å²) >= 11 is 0. The maximum absolute atomic E-state index is 14.5. The van der Waals surface area contributed by atoms with Crippen LogP contribution < -0.4 is 26.2 Å². The molecule has 0 aromatic heterocycles. The summed E-state index contributed by atoms with van der Waals surface area (Å²) in [6.45, 7) is 0.603. The van der Waals surface area contributed by atoms with E-state index in [1.54, 1.807) is 18.2 Å². The van der Waals surface area contributed by atoms with Gasteiger partial charge in [0.05, 0.1) is 13.3 Å². The molecule has 0 aliphatic carbocycles. The Balaban J connectivity index is 1.51. The van der Waals surface area contributed by atoms with Gasteiger partial charge in [0.2, 0.25) is 0 Å². The van der Waals surface area contributed by atoms with Gasteiger partial charge in [-0.15, -0.1) is 0 Å². The molecule has 0 saturated carbocycles. The zero-order valence-corrected chi connectivity index (χ0v) is 15.3. The third-order valence-electron chi connectivity index (χ3n) is 5.42. The van der Waals surface area contributed by atoms with Crippen molar-refractivity contribution in [3.8, 4) is 5.75 Å². The quantitative estimate of drug-likeness (QED) is 0.644. The van der Waals surface area contributed by atoms with E-state index in [2.05, 4.69) is 21.5 Å². The first-order valence-corrected chi connectivity index (χ1v) is 9.20. The molecule has 0 bridgehead atoms. The molecular formula is C20H22F2N4O2. The third-order valence-corrected chi connectivity index (χ3v) is 5.42. The van der Waals surface area contributed by atoms with E-state index in [4.69, 9.17) is 4.74 Å². The number of nitrogens with one attached hydrogen (secondary N) is 4. The van der Waals surface area contributed by atoms with Crippen LogP contribution in [0.5, 0.6) is 5.75 Å². The van der Waals surface area contributed by atoms with Crippen LogP contribution in [0.1, 0.15) is 28.4 Å². The van der Waals surface area contributed by atoms with Crippen molar-refractivity contribution in [3.63, 3.8) is 0 Å². The van der Waals surface area contributed by atoms with Crippen molar-refractivity contribution in [3.05, 3.63) is 65.2 Å². The molecule has 2 aromatic rings. The van der Waals surface area contributed by atoms with Gasteiger partial charge in [0.1, 0.15) is 17.4 Å². The Morgan fingerprint density at radius 3 is 2.79 bits per heavy atom. The number of ether oxygens (including phenoxy) is 1. The van der Waals surface area contributed by atoms with Crippen LogP contribution in [0.3, 0.4) is 0 Å². The molecule has 2 saturated heterocycles. The molecule has 6 nitrogen and oxygen atoms in total. The number of benzene rings is 2. The molecule has 2 fully saturated rings. The second kappa shape index (κ2) is 7.83. The number of amides is 1. The van der Waals surface area contributed by atoms with Gasteiger partial charge >= 0.3 is 0 Å². The second-order valence-corrected chi connectivity index (χ2v) is 7.07. The highest BCUT2D eigenvalue weighted by atomic mass is 19.1. The average Bonchev–Trinajstić information content (AvgIpc) is 3.09. The molecule has 4 atom stereocenters. The van der Waals surface area contributed by atoms with Crippen molar-refractivity contribution >= 4 is 5.91 Å². The van der Waals surface area contributed by atoms with Crippen molar-refractivity contribution in [2.45, 2.75) is 24.7 Å². The second-order valence-electron chi connectivity index (χ2n) is 7.07. The van der Waals surface area contributed by atoms with Gasteiger partial charge in [-0.2, -0.15) is 0 Å². The molecule has 148 valence electrons. The average molecular weight is 388 g/mol. The van der Waals surface area contributed by atoms with E-state index in [1.165, 1.54) is 31.4 Å². The highest BCUT2D eigenvalue weighted by Gasteiger charge is 2.42. The minimum atomic E-state index is -0.461. The SMILES string of the molecule is COc1cccc(F)c1C1CC2C(CN1)NNC2NC(=O)c1cccc(F)c1. The van der Waals surface area contributed by atoms with E-state index in [9.17, 15) is 13.6 Å². The van der Waals surface area contributed by atoms with E-state index in [0.717, 1.165) is 0 Å². The Morgan fingerprint density at radius 2 is 2.00 bits per heavy atom. The molecule has 4 N–H and O–H groups in total. The van der Waals surface area contributed by atoms with Gasteiger partial charge in [-0.1, -0.05) is 12.1 Å². The standard InChI is InChI=1S/C20H22F2N4O2/c1-28-17-7-3-6-14(22)18(17)15-9-13-16(10-23-15)25-26-19(13)24-20(27)11-4-2-5-12(21)8-11/h2-8,13,15-16,19,23,25-26H,9-10H2,1H3,(H,24,27). The molecule has 8 heteroatoms. The minimum Gasteiger partial charge on any atom is -0.496 e. The van der Waals surface area contributed by atoms with E-state index in [0.29, 0.717) is 24.3 Å². The maximum atomic E-state index is 14.5. The van der Waals surface area contributed by atoms with Crippen LogP contribution in [-0.2, 0) is 0 Å². The van der Waals surface area contributed by atoms with E-state index >= 15 is 0 Å². The van der Waals surface area contributed by atoms with Gasteiger partial charge < -0.3 is 15.4 Å². The number of hydrogen-bond acceptors (Lipinski definition) is 5. The lowest BCUT2D eigenvalue weighted by Gasteiger charge is -2.35. The number of carbonyl (C=O) groups excluding carboxylic acids is 1. The normalized spacial score (nSPS) is 26.5. The number of carbonyl (C=O) groups is 1. The molecular weight excluding hydrogens is 366 g/mol. The van der Waals surface area contributed by atoms with Gasteiger partial charge in [0.25, 0.3) is 5.91 Å². The van der Waals surface area contributed by atoms with Crippen molar-refractivity contribution in [2.24, 2.45) is 5.92 Å². The van der Waals surface area contributed by atoms with Crippen LogP contribution in [-0.4, -0.2) is 31.8 Å². The van der Waals surface area contributed by atoms with Crippen molar-refractivity contribution in [2.75, 3.05) is 13.7 Å². The number of methoxy groups -OCH3 is 1. The summed E-state index contributed by atoms with van der Waals surface area (Å²) in [6, 6.07) is 10.2. The number of halogens is 2.